The molecule has 1 aliphatic carbocycles. The minimum atomic E-state index is -0.204. The molecule has 0 spiro atoms. The van der Waals surface area contributed by atoms with Crippen LogP contribution in [0.1, 0.15) is 39.0 Å². The molecule has 16 heavy (non-hydrogen) atoms. The van der Waals surface area contributed by atoms with Gasteiger partial charge in [-0.25, -0.2) is 0 Å². The fourth-order valence-corrected chi connectivity index (χ4v) is 2.25. The summed E-state index contributed by atoms with van der Waals surface area (Å²) in [5.74, 6) is 0.308. The van der Waals surface area contributed by atoms with E-state index in [2.05, 4.69) is 23.8 Å². The van der Waals surface area contributed by atoms with Crippen LogP contribution in [0.4, 0.5) is 0 Å². The normalized spacial score (nSPS) is 25.2. The molecule has 3 heteroatoms. The van der Waals surface area contributed by atoms with Gasteiger partial charge < -0.3 is 4.74 Å². The van der Waals surface area contributed by atoms with Crippen LogP contribution >= 0.6 is 0 Å². The number of rotatable bonds is 5. The predicted octanol–water partition coefficient (Wildman–Crippen LogP) is 2.50. The molecule has 0 amide bonds. The van der Waals surface area contributed by atoms with Gasteiger partial charge in [-0.2, -0.15) is 0 Å². The number of ketones is 1. The Hall–Kier alpha value is -1.12. The highest BCUT2D eigenvalue weighted by Gasteiger charge is 2.34. The second kappa shape index (κ2) is 6.46. The Kier molecular flexibility index (Phi) is 5.23. The molecule has 0 aromatic heterocycles. The summed E-state index contributed by atoms with van der Waals surface area (Å²) in [6.07, 6.45) is 7.72. The zero-order chi connectivity index (χ0) is 12.0. The number of carbonyl (C=O) groups excluding carboxylic acids is 2. The van der Waals surface area contributed by atoms with Crippen LogP contribution < -0.4 is 0 Å². The van der Waals surface area contributed by atoms with Crippen molar-refractivity contribution in [1.29, 1.82) is 0 Å². The molecule has 1 aliphatic rings. The number of methoxy groups -OCH3 is 1. The van der Waals surface area contributed by atoms with Crippen LogP contribution in [0.5, 0.6) is 0 Å². The van der Waals surface area contributed by atoms with Crippen LogP contribution in [0.15, 0.2) is 12.2 Å². The molecule has 0 N–H and O–H groups in total. The van der Waals surface area contributed by atoms with E-state index >= 15 is 0 Å². The average Bonchev–Trinajstić information content (AvgIpc) is 2.61. The van der Waals surface area contributed by atoms with E-state index in [0.29, 0.717) is 18.6 Å². The van der Waals surface area contributed by atoms with Crippen molar-refractivity contribution in [3.63, 3.8) is 0 Å². The summed E-state index contributed by atoms with van der Waals surface area (Å²) in [6.45, 7) is 2.07. The monoisotopic (exact) mass is 224 g/mol. The van der Waals surface area contributed by atoms with Crippen molar-refractivity contribution < 1.29 is 14.3 Å². The zero-order valence-corrected chi connectivity index (χ0v) is 10.1. The van der Waals surface area contributed by atoms with Crippen LogP contribution in [0, 0.1) is 11.8 Å². The van der Waals surface area contributed by atoms with Gasteiger partial charge in [0.25, 0.3) is 0 Å². The standard InChI is InChI=1S/C13H20O3/c1-3-4-5-6-11-10(7-8-12(11)14)9-13(15)16-2/h4-5,10-11H,3,6-9H2,1-2H3/b5-4+/t10-,11-/m1/s1. The maximum Gasteiger partial charge on any atom is 0.305 e. The lowest BCUT2D eigenvalue weighted by Crippen LogP contribution is -2.18. The van der Waals surface area contributed by atoms with Gasteiger partial charge in [-0.15, -0.1) is 0 Å². The lowest BCUT2D eigenvalue weighted by molar-refractivity contribution is -0.142. The number of hydrogen-bond donors (Lipinski definition) is 0. The van der Waals surface area contributed by atoms with Gasteiger partial charge in [0.15, 0.2) is 0 Å². The van der Waals surface area contributed by atoms with Crippen LogP contribution in [0.2, 0.25) is 0 Å². The van der Waals surface area contributed by atoms with Crippen molar-refractivity contribution in [2.45, 2.75) is 39.0 Å². The fraction of sp³-hybridized carbons (Fsp3) is 0.692. The second-order valence-electron chi connectivity index (χ2n) is 4.27. The second-order valence-corrected chi connectivity index (χ2v) is 4.27. The first kappa shape index (κ1) is 12.9. The molecule has 2 atom stereocenters. The first-order valence-electron chi connectivity index (χ1n) is 5.93. The molecule has 1 rings (SSSR count). The molecule has 1 saturated carbocycles. The molecular formula is C13H20O3. The highest BCUT2D eigenvalue weighted by molar-refractivity contribution is 5.84. The SMILES string of the molecule is CC/C=C/C[C@H]1C(=O)CC[C@@H]1CC(=O)OC. The van der Waals surface area contributed by atoms with Crippen LogP contribution in [0.25, 0.3) is 0 Å². The van der Waals surface area contributed by atoms with Crippen molar-refractivity contribution in [2.24, 2.45) is 11.8 Å². The minimum Gasteiger partial charge on any atom is -0.469 e. The molecule has 0 unspecified atom stereocenters. The number of allylic oxidation sites excluding steroid dienone is 2. The van der Waals surface area contributed by atoms with E-state index in [4.69, 9.17) is 0 Å². The van der Waals surface area contributed by atoms with Gasteiger partial charge >= 0.3 is 5.97 Å². The summed E-state index contributed by atoms with van der Waals surface area (Å²) >= 11 is 0. The molecule has 1 fully saturated rings. The number of Topliss-reactive ketones (excluding diaryl/α,β-unsaturated/α-hetero) is 1. The minimum absolute atomic E-state index is 0.0295. The summed E-state index contributed by atoms with van der Waals surface area (Å²) in [6, 6.07) is 0. The third-order valence-corrected chi connectivity index (χ3v) is 3.19. The van der Waals surface area contributed by atoms with E-state index in [0.717, 1.165) is 19.3 Å². The van der Waals surface area contributed by atoms with Crippen molar-refractivity contribution in [2.75, 3.05) is 7.11 Å². The lowest BCUT2D eigenvalue weighted by atomic mass is 9.89. The van der Waals surface area contributed by atoms with Gasteiger partial charge in [-0.3, -0.25) is 9.59 Å². The first-order valence-corrected chi connectivity index (χ1v) is 5.93. The molecule has 0 aromatic carbocycles. The van der Waals surface area contributed by atoms with E-state index in [9.17, 15) is 9.59 Å². The Balaban J connectivity index is 2.52. The first-order chi connectivity index (χ1) is 7.69. The third-order valence-electron chi connectivity index (χ3n) is 3.19. The number of ether oxygens (including phenoxy) is 1. The molecule has 90 valence electrons. The van der Waals surface area contributed by atoms with Gasteiger partial charge in [0.2, 0.25) is 0 Å². The summed E-state index contributed by atoms with van der Waals surface area (Å²) in [7, 11) is 1.39. The van der Waals surface area contributed by atoms with Gasteiger partial charge in [0.05, 0.1) is 7.11 Å². The molecule has 0 saturated heterocycles. The zero-order valence-electron chi connectivity index (χ0n) is 10.1. The maximum absolute atomic E-state index is 11.7. The number of hydrogen-bond acceptors (Lipinski definition) is 3. The van der Waals surface area contributed by atoms with Crippen molar-refractivity contribution >= 4 is 11.8 Å². The molecule has 0 aromatic rings. The molecule has 3 nitrogen and oxygen atoms in total. The summed E-state index contributed by atoms with van der Waals surface area (Å²) in [5, 5.41) is 0. The fourth-order valence-electron chi connectivity index (χ4n) is 2.25. The predicted molar refractivity (Wildman–Crippen MR) is 61.9 cm³/mol. The molecular weight excluding hydrogens is 204 g/mol. The topological polar surface area (TPSA) is 43.4 Å². The van der Waals surface area contributed by atoms with E-state index in [1.165, 1.54) is 7.11 Å². The smallest absolute Gasteiger partial charge is 0.305 e. The Bertz CT molecular complexity index is 281. The maximum atomic E-state index is 11.7. The third kappa shape index (κ3) is 3.47. The average molecular weight is 224 g/mol. The lowest BCUT2D eigenvalue weighted by Gasteiger charge is -2.15. The summed E-state index contributed by atoms with van der Waals surface area (Å²) < 4.78 is 4.65. The van der Waals surface area contributed by atoms with Gasteiger partial charge in [0.1, 0.15) is 5.78 Å². The quantitative estimate of drug-likeness (QED) is 0.532. The number of carbonyl (C=O) groups is 2. The highest BCUT2D eigenvalue weighted by Crippen LogP contribution is 2.34. The molecule has 0 heterocycles. The largest absolute Gasteiger partial charge is 0.469 e. The Morgan fingerprint density at radius 1 is 1.50 bits per heavy atom. The van der Waals surface area contributed by atoms with Gasteiger partial charge in [-0.1, -0.05) is 19.1 Å². The van der Waals surface area contributed by atoms with Crippen molar-refractivity contribution in [3.05, 3.63) is 12.2 Å². The van der Waals surface area contributed by atoms with Crippen LogP contribution in [0.3, 0.4) is 0 Å². The Labute approximate surface area is 96.9 Å². The molecule has 0 radical (unpaired) electrons. The Morgan fingerprint density at radius 3 is 2.88 bits per heavy atom. The highest BCUT2D eigenvalue weighted by atomic mass is 16.5. The van der Waals surface area contributed by atoms with Crippen molar-refractivity contribution in [1.82, 2.24) is 0 Å². The van der Waals surface area contributed by atoms with Crippen LogP contribution in [-0.2, 0) is 14.3 Å². The van der Waals surface area contributed by atoms with E-state index in [1.54, 1.807) is 0 Å². The molecule has 0 bridgehead atoms. The molecule has 0 aliphatic heterocycles. The summed E-state index contributed by atoms with van der Waals surface area (Å²) in [4.78, 5) is 22.9. The number of esters is 1. The Morgan fingerprint density at radius 2 is 2.25 bits per heavy atom. The van der Waals surface area contributed by atoms with Gasteiger partial charge in [-0.05, 0) is 25.2 Å². The van der Waals surface area contributed by atoms with Crippen LogP contribution in [-0.4, -0.2) is 18.9 Å². The van der Waals surface area contributed by atoms with Gasteiger partial charge in [0, 0.05) is 18.8 Å². The van der Waals surface area contributed by atoms with Crippen molar-refractivity contribution in [3.8, 4) is 0 Å². The summed E-state index contributed by atoms with van der Waals surface area (Å²) in [5.41, 5.74) is 0. The van der Waals surface area contributed by atoms with E-state index < -0.39 is 0 Å². The van der Waals surface area contributed by atoms with E-state index in [-0.39, 0.29) is 17.8 Å². The van der Waals surface area contributed by atoms with E-state index in [1.807, 2.05) is 0 Å².